The van der Waals surface area contributed by atoms with E-state index in [0.717, 1.165) is 12.0 Å². The number of carbonyl (C=O) groups excluding carboxylic acids is 2. The zero-order valence-electron chi connectivity index (χ0n) is 12.7. The van der Waals surface area contributed by atoms with E-state index in [2.05, 4.69) is 5.32 Å². The van der Waals surface area contributed by atoms with E-state index < -0.39 is 17.9 Å². The molecule has 2 fully saturated rings. The molecule has 1 N–H and O–H groups in total. The quantitative estimate of drug-likeness (QED) is 0.862. The molecule has 2 unspecified atom stereocenters. The molecule has 0 radical (unpaired) electrons. The Morgan fingerprint density at radius 2 is 2.14 bits per heavy atom. The summed E-state index contributed by atoms with van der Waals surface area (Å²) in [7, 11) is 0. The predicted molar refractivity (Wildman–Crippen MR) is 78.8 cm³/mol. The second-order valence-electron chi connectivity index (χ2n) is 6.04. The van der Waals surface area contributed by atoms with Gasteiger partial charge in [-0.2, -0.15) is 0 Å². The fourth-order valence-corrected chi connectivity index (χ4v) is 3.05. The van der Waals surface area contributed by atoms with Crippen LogP contribution in [-0.4, -0.2) is 41.3 Å². The molecule has 2 aliphatic rings. The molecule has 2 heterocycles. The summed E-state index contributed by atoms with van der Waals surface area (Å²) in [6, 6.07) is 8.90. The summed E-state index contributed by atoms with van der Waals surface area (Å²) in [6.45, 7) is 4.50. The Kier molecular flexibility index (Phi) is 3.78. The summed E-state index contributed by atoms with van der Waals surface area (Å²) in [5.74, 6) is -0.119. The summed E-state index contributed by atoms with van der Waals surface area (Å²) >= 11 is 0. The maximum Gasteiger partial charge on any atom is 0.408 e. The van der Waals surface area contributed by atoms with Gasteiger partial charge in [-0.15, -0.1) is 0 Å². The van der Waals surface area contributed by atoms with Crippen molar-refractivity contribution >= 4 is 12.0 Å². The Hall–Kier alpha value is -2.08. The van der Waals surface area contributed by atoms with Crippen LogP contribution in [0.3, 0.4) is 0 Å². The lowest BCUT2D eigenvalue weighted by molar-refractivity contribution is -0.225. The fourth-order valence-electron chi connectivity index (χ4n) is 3.05. The van der Waals surface area contributed by atoms with Crippen LogP contribution in [0, 0.1) is 0 Å². The number of amides is 2. The number of nitrogens with zero attached hydrogens (tertiary/aromatic N) is 1. The summed E-state index contributed by atoms with van der Waals surface area (Å²) in [4.78, 5) is 25.8. The second-order valence-corrected chi connectivity index (χ2v) is 6.04. The van der Waals surface area contributed by atoms with Crippen molar-refractivity contribution in [3.63, 3.8) is 0 Å². The maximum atomic E-state index is 12.2. The number of carbonyl (C=O) groups is 2. The van der Waals surface area contributed by atoms with Crippen LogP contribution < -0.4 is 5.32 Å². The highest BCUT2D eigenvalue weighted by Gasteiger charge is 2.56. The Morgan fingerprint density at radius 1 is 1.41 bits per heavy atom. The van der Waals surface area contributed by atoms with E-state index in [4.69, 9.17) is 9.47 Å². The van der Waals surface area contributed by atoms with Gasteiger partial charge in [-0.05, 0) is 25.8 Å². The lowest BCUT2D eigenvalue weighted by atomic mass is 9.88. The number of alkyl carbamates (subject to hydrolysis) is 1. The minimum atomic E-state index is -0.605. The normalized spacial score (nSPS) is 25.9. The Balaban J connectivity index is 1.53. The topological polar surface area (TPSA) is 67.9 Å². The summed E-state index contributed by atoms with van der Waals surface area (Å²) in [5.41, 5.74) is 0.304. The van der Waals surface area contributed by atoms with E-state index in [-0.39, 0.29) is 18.6 Å². The monoisotopic (exact) mass is 304 g/mol. The molecule has 0 aromatic heterocycles. The summed E-state index contributed by atoms with van der Waals surface area (Å²) in [6.07, 6.45) is 0.157. The lowest BCUT2D eigenvalue weighted by Crippen LogP contribution is -2.77. The molecule has 2 atom stereocenters. The van der Waals surface area contributed by atoms with Crippen LogP contribution in [0.2, 0.25) is 0 Å². The molecular weight excluding hydrogens is 284 g/mol. The van der Waals surface area contributed by atoms with E-state index in [0.29, 0.717) is 6.61 Å². The summed E-state index contributed by atoms with van der Waals surface area (Å²) < 4.78 is 10.8. The maximum absolute atomic E-state index is 12.2. The third-order valence-corrected chi connectivity index (χ3v) is 4.16. The second kappa shape index (κ2) is 5.61. The third kappa shape index (κ3) is 2.66. The van der Waals surface area contributed by atoms with Gasteiger partial charge in [0.1, 0.15) is 18.4 Å². The van der Waals surface area contributed by atoms with E-state index in [1.165, 1.54) is 0 Å². The number of fused-ring (bicyclic) bond motifs is 1. The van der Waals surface area contributed by atoms with Gasteiger partial charge in [0.25, 0.3) is 0 Å². The molecule has 3 rings (SSSR count). The highest BCUT2D eigenvalue weighted by Crippen LogP contribution is 2.36. The molecule has 2 saturated heterocycles. The average Bonchev–Trinajstić information content (AvgIpc) is 2.50. The number of β-lactam (4-membered cyclic amide) rings is 1. The van der Waals surface area contributed by atoms with Gasteiger partial charge < -0.3 is 19.7 Å². The molecule has 0 saturated carbocycles. The van der Waals surface area contributed by atoms with Crippen molar-refractivity contribution in [2.45, 2.75) is 44.7 Å². The molecule has 1 aromatic carbocycles. The number of hydrogen-bond acceptors (Lipinski definition) is 4. The van der Waals surface area contributed by atoms with Gasteiger partial charge in [0.15, 0.2) is 0 Å². The molecule has 0 aliphatic carbocycles. The van der Waals surface area contributed by atoms with Gasteiger partial charge >= 0.3 is 6.09 Å². The highest BCUT2D eigenvalue weighted by molar-refractivity contribution is 5.93. The molecule has 2 amide bonds. The number of benzene rings is 1. The molecule has 1 aromatic rings. The first-order chi connectivity index (χ1) is 10.5. The van der Waals surface area contributed by atoms with Crippen LogP contribution in [0.4, 0.5) is 4.79 Å². The van der Waals surface area contributed by atoms with Gasteiger partial charge in [-0.1, -0.05) is 30.3 Å². The smallest absolute Gasteiger partial charge is 0.408 e. The van der Waals surface area contributed by atoms with Gasteiger partial charge in [0.05, 0.1) is 12.6 Å². The van der Waals surface area contributed by atoms with Gasteiger partial charge in [0.2, 0.25) is 5.91 Å². The van der Waals surface area contributed by atoms with E-state index in [1.807, 2.05) is 44.2 Å². The number of hydrogen-bond donors (Lipinski definition) is 1. The zero-order chi connectivity index (χ0) is 15.7. The van der Waals surface area contributed by atoms with Crippen molar-refractivity contribution in [3.05, 3.63) is 35.9 Å². The van der Waals surface area contributed by atoms with E-state index in [1.54, 1.807) is 4.90 Å². The minimum Gasteiger partial charge on any atom is -0.445 e. The molecule has 22 heavy (non-hydrogen) atoms. The Morgan fingerprint density at radius 3 is 2.86 bits per heavy atom. The van der Waals surface area contributed by atoms with Gasteiger partial charge in [-0.3, -0.25) is 4.79 Å². The number of rotatable bonds is 3. The van der Waals surface area contributed by atoms with E-state index in [9.17, 15) is 9.59 Å². The SMILES string of the molecule is CC1(C)OCCC2C(NC(=O)OCc3ccccc3)C(=O)N21. The van der Waals surface area contributed by atoms with Crippen molar-refractivity contribution in [2.24, 2.45) is 0 Å². The first-order valence-electron chi connectivity index (χ1n) is 7.43. The van der Waals surface area contributed by atoms with E-state index >= 15 is 0 Å². The Bertz CT molecular complexity index is 573. The fraction of sp³-hybridized carbons (Fsp3) is 0.500. The van der Waals surface area contributed by atoms with Crippen molar-refractivity contribution in [2.75, 3.05) is 6.61 Å². The van der Waals surface area contributed by atoms with Crippen LogP contribution in [0.5, 0.6) is 0 Å². The van der Waals surface area contributed by atoms with Crippen LogP contribution in [0.25, 0.3) is 0 Å². The molecular formula is C16H20N2O4. The number of nitrogens with one attached hydrogen (secondary N) is 1. The van der Waals surface area contributed by atoms with Crippen LogP contribution >= 0.6 is 0 Å². The molecule has 2 aliphatic heterocycles. The molecule has 118 valence electrons. The largest absolute Gasteiger partial charge is 0.445 e. The molecule has 6 heteroatoms. The minimum absolute atomic E-state index is 0.0134. The van der Waals surface area contributed by atoms with Gasteiger partial charge in [-0.25, -0.2) is 4.79 Å². The van der Waals surface area contributed by atoms with Crippen LogP contribution in [0.1, 0.15) is 25.8 Å². The van der Waals surface area contributed by atoms with Crippen molar-refractivity contribution in [1.82, 2.24) is 10.2 Å². The lowest BCUT2D eigenvalue weighted by Gasteiger charge is -2.57. The van der Waals surface area contributed by atoms with Crippen molar-refractivity contribution in [1.29, 1.82) is 0 Å². The number of ether oxygens (including phenoxy) is 2. The highest BCUT2D eigenvalue weighted by atomic mass is 16.5. The molecule has 6 nitrogen and oxygen atoms in total. The first-order valence-corrected chi connectivity index (χ1v) is 7.43. The molecule has 0 bridgehead atoms. The average molecular weight is 304 g/mol. The standard InChI is InChI=1S/C16H20N2O4/c1-16(2)18-12(8-9-22-16)13(14(18)19)17-15(20)21-10-11-6-4-3-5-7-11/h3-7,12-13H,8-10H2,1-2H3,(H,17,20). The zero-order valence-corrected chi connectivity index (χ0v) is 12.7. The van der Waals surface area contributed by atoms with Crippen molar-refractivity contribution in [3.8, 4) is 0 Å². The third-order valence-electron chi connectivity index (χ3n) is 4.16. The van der Waals surface area contributed by atoms with Gasteiger partial charge in [0, 0.05) is 0 Å². The molecule has 0 spiro atoms. The first kappa shape index (κ1) is 14.8. The Labute approximate surface area is 129 Å². The predicted octanol–water partition coefficient (Wildman–Crippen LogP) is 1.65. The van der Waals surface area contributed by atoms with Crippen molar-refractivity contribution < 1.29 is 19.1 Å². The van der Waals surface area contributed by atoms with Crippen LogP contribution in [-0.2, 0) is 20.9 Å². The van der Waals surface area contributed by atoms with Crippen LogP contribution in [0.15, 0.2) is 30.3 Å². The summed E-state index contributed by atoms with van der Waals surface area (Å²) in [5, 5.41) is 2.67.